The minimum atomic E-state index is -0.384. The molecule has 4 fully saturated rings. The summed E-state index contributed by atoms with van der Waals surface area (Å²) in [6, 6.07) is 27.8. The molecule has 5 heteroatoms. The maximum atomic E-state index is 12.5. The normalized spacial score (nSPS) is 24.8. The lowest BCUT2D eigenvalue weighted by Crippen LogP contribution is -2.63. The highest BCUT2D eigenvalue weighted by Gasteiger charge is 2.57. The highest BCUT2D eigenvalue weighted by Crippen LogP contribution is 2.62. The summed E-state index contributed by atoms with van der Waals surface area (Å²) < 4.78 is 11.2. The zero-order chi connectivity index (χ0) is 30.0. The molecule has 43 heavy (non-hydrogen) atoms. The average molecular weight is 581 g/mol. The molecule has 1 aliphatic heterocycles. The van der Waals surface area contributed by atoms with E-state index in [4.69, 9.17) is 9.47 Å². The van der Waals surface area contributed by atoms with Crippen LogP contribution in [0.15, 0.2) is 78.9 Å². The highest BCUT2D eigenvalue weighted by molar-refractivity contribution is 5.93. The van der Waals surface area contributed by atoms with E-state index in [-0.39, 0.29) is 5.97 Å². The zero-order valence-corrected chi connectivity index (χ0v) is 26.4. The number of hydrogen-bond donors (Lipinski definition) is 0. The molecule has 2 bridgehead atoms. The standard InChI is InChI=1S/C38H48N2O3/c1-27-34-24-29(38(34,2)3)25-35(27)40(21-11-14-28-12-7-5-8-13-28)30-19-22-39(23-20-30)31-17-18-33(37(41)42-4)36(26-31)43-32-15-9-6-10-16-32/h5-10,12-13,15-18,26-27,29-30,34-35H,11,14,19-25H2,1-4H3/t27-,29+,34-,35-/m1/s1. The number of methoxy groups -OCH3 is 1. The first-order chi connectivity index (χ1) is 20.8. The maximum absolute atomic E-state index is 12.5. The molecule has 0 amide bonds. The number of hydrogen-bond acceptors (Lipinski definition) is 5. The van der Waals surface area contributed by atoms with Crippen LogP contribution in [0.5, 0.6) is 11.5 Å². The molecule has 1 heterocycles. The molecule has 1 saturated heterocycles. The Bertz CT molecular complexity index is 1370. The molecule has 228 valence electrons. The van der Waals surface area contributed by atoms with E-state index in [1.165, 1.54) is 38.5 Å². The van der Waals surface area contributed by atoms with Crippen molar-refractivity contribution in [3.63, 3.8) is 0 Å². The number of carbonyl (C=O) groups excluding carboxylic acids is 1. The Morgan fingerprint density at radius 2 is 1.65 bits per heavy atom. The number of piperidine rings is 1. The van der Waals surface area contributed by atoms with Crippen LogP contribution < -0.4 is 9.64 Å². The summed E-state index contributed by atoms with van der Waals surface area (Å²) in [7, 11) is 1.41. The summed E-state index contributed by atoms with van der Waals surface area (Å²) >= 11 is 0. The van der Waals surface area contributed by atoms with Crippen LogP contribution in [-0.2, 0) is 11.2 Å². The lowest BCUT2D eigenvalue weighted by Gasteiger charge is -2.64. The van der Waals surface area contributed by atoms with Gasteiger partial charge in [0.2, 0.25) is 0 Å². The van der Waals surface area contributed by atoms with Crippen molar-refractivity contribution in [3.8, 4) is 11.5 Å². The Labute approximate surface area is 258 Å². The lowest BCUT2D eigenvalue weighted by molar-refractivity contribution is -0.145. The van der Waals surface area contributed by atoms with E-state index in [2.05, 4.69) is 60.9 Å². The second kappa shape index (κ2) is 12.7. The van der Waals surface area contributed by atoms with E-state index in [9.17, 15) is 4.79 Å². The average Bonchev–Trinajstić information content (AvgIpc) is 3.04. The second-order valence-corrected chi connectivity index (χ2v) is 13.7. The van der Waals surface area contributed by atoms with Crippen molar-refractivity contribution in [2.45, 2.75) is 71.4 Å². The fourth-order valence-corrected chi connectivity index (χ4v) is 8.43. The van der Waals surface area contributed by atoms with E-state index < -0.39 is 0 Å². The maximum Gasteiger partial charge on any atom is 0.341 e. The number of ether oxygens (including phenoxy) is 2. The molecule has 3 saturated carbocycles. The number of rotatable bonds is 10. The Kier molecular flexibility index (Phi) is 8.81. The molecule has 0 unspecified atom stereocenters. The monoisotopic (exact) mass is 580 g/mol. The van der Waals surface area contributed by atoms with Crippen molar-refractivity contribution in [3.05, 3.63) is 90.0 Å². The van der Waals surface area contributed by atoms with E-state index >= 15 is 0 Å². The number of carbonyl (C=O) groups is 1. The van der Waals surface area contributed by atoms with Crippen molar-refractivity contribution < 1.29 is 14.3 Å². The fraction of sp³-hybridized carbons (Fsp3) is 0.500. The summed E-state index contributed by atoms with van der Waals surface area (Å²) in [5.41, 5.74) is 3.50. The third kappa shape index (κ3) is 6.20. The quantitative estimate of drug-likeness (QED) is 0.226. The molecule has 4 atom stereocenters. The Balaban J connectivity index is 1.16. The molecule has 3 aliphatic carbocycles. The lowest BCUT2D eigenvalue weighted by atomic mass is 9.44. The van der Waals surface area contributed by atoms with Gasteiger partial charge in [-0.1, -0.05) is 69.3 Å². The van der Waals surface area contributed by atoms with Crippen LogP contribution in [0.2, 0.25) is 0 Å². The van der Waals surface area contributed by atoms with Crippen LogP contribution in [-0.4, -0.2) is 49.7 Å². The van der Waals surface area contributed by atoms with E-state index in [1.807, 2.05) is 48.5 Å². The molecule has 0 radical (unpaired) electrons. The predicted molar refractivity (Wildman–Crippen MR) is 174 cm³/mol. The molecule has 0 spiro atoms. The Hall–Kier alpha value is -3.31. The zero-order valence-electron chi connectivity index (χ0n) is 26.4. The molecular weight excluding hydrogens is 532 g/mol. The first-order valence-corrected chi connectivity index (χ1v) is 16.3. The topological polar surface area (TPSA) is 42.0 Å². The third-order valence-electron chi connectivity index (χ3n) is 11.1. The van der Waals surface area contributed by atoms with Gasteiger partial charge in [0.05, 0.1) is 7.11 Å². The van der Waals surface area contributed by atoms with Gasteiger partial charge in [0.25, 0.3) is 0 Å². The van der Waals surface area contributed by atoms with Crippen LogP contribution in [0.1, 0.15) is 68.8 Å². The van der Waals surface area contributed by atoms with Crippen molar-refractivity contribution >= 4 is 11.7 Å². The van der Waals surface area contributed by atoms with Crippen molar-refractivity contribution in [2.24, 2.45) is 23.2 Å². The number of benzene rings is 3. The Morgan fingerprint density at radius 3 is 2.30 bits per heavy atom. The van der Waals surface area contributed by atoms with E-state index in [1.54, 1.807) is 0 Å². The predicted octanol–water partition coefficient (Wildman–Crippen LogP) is 8.24. The van der Waals surface area contributed by atoms with Crippen molar-refractivity contribution in [1.82, 2.24) is 4.90 Å². The smallest absolute Gasteiger partial charge is 0.341 e. The number of anilines is 1. The second-order valence-electron chi connectivity index (χ2n) is 13.7. The van der Waals surface area contributed by atoms with E-state index in [0.717, 1.165) is 55.8 Å². The van der Waals surface area contributed by atoms with Gasteiger partial charge in [-0.05, 0) is 98.1 Å². The van der Waals surface area contributed by atoms with Crippen LogP contribution in [0.3, 0.4) is 0 Å². The highest BCUT2D eigenvalue weighted by atomic mass is 16.5. The molecule has 0 N–H and O–H groups in total. The van der Waals surface area contributed by atoms with Gasteiger partial charge in [-0.15, -0.1) is 0 Å². The van der Waals surface area contributed by atoms with Gasteiger partial charge in [-0.25, -0.2) is 4.79 Å². The summed E-state index contributed by atoms with van der Waals surface area (Å²) in [6.45, 7) is 10.7. The molecule has 0 aromatic heterocycles. The molecule has 3 aromatic carbocycles. The van der Waals surface area contributed by atoms with Gasteiger partial charge >= 0.3 is 5.97 Å². The number of nitrogens with zero attached hydrogens (tertiary/aromatic N) is 2. The number of esters is 1. The minimum Gasteiger partial charge on any atom is -0.465 e. The van der Waals surface area contributed by atoms with Gasteiger partial charge in [0.1, 0.15) is 17.1 Å². The van der Waals surface area contributed by atoms with E-state index in [0.29, 0.717) is 34.6 Å². The van der Waals surface area contributed by atoms with Gasteiger partial charge in [0.15, 0.2) is 0 Å². The first-order valence-electron chi connectivity index (χ1n) is 16.3. The van der Waals surface area contributed by atoms with Gasteiger partial charge in [0, 0.05) is 36.9 Å². The SMILES string of the molecule is COC(=O)c1ccc(N2CCC(N(CCCc3ccccc3)[C@@H]3C[C@@H]4C[C@H]([C@H]3C)C4(C)C)CC2)cc1Oc1ccccc1. The Morgan fingerprint density at radius 1 is 0.953 bits per heavy atom. The summed E-state index contributed by atoms with van der Waals surface area (Å²) in [5.74, 6) is 3.33. The van der Waals surface area contributed by atoms with Crippen LogP contribution in [0.4, 0.5) is 5.69 Å². The van der Waals surface area contributed by atoms with Crippen LogP contribution in [0.25, 0.3) is 0 Å². The van der Waals surface area contributed by atoms with Crippen LogP contribution >= 0.6 is 0 Å². The molecular formula is C38H48N2O3. The van der Waals surface area contributed by atoms with Crippen LogP contribution in [0, 0.1) is 23.2 Å². The largest absolute Gasteiger partial charge is 0.465 e. The molecule has 7 rings (SSSR count). The third-order valence-corrected chi connectivity index (χ3v) is 11.1. The number of aryl methyl sites for hydroxylation is 1. The van der Waals surface area contributed by atoms with Gasteiger partial charge < -0.3 is 14.4 Å². The molecule has 4 aliphatic rings. The minimum absolute atomic E-state index is 0.384. The summed E-state index contributed by atoms with van der Waals surface area (Å²) in [5, 5.41) is 0. The van der Waals surface area contributed by atoms with Crippen molar-refractivity contribution in [2.75, 3.05) is 31.6 Å². The molecule has 3 aromatic rings. The van der Waals surface area contributed by atoms with Gasteiger partial charge in [-0.2, -0.15) is 0 Å². The fourth-order valence-electron chi connectivity index (χ4n) is 8.43. The van der Waals surface area contributed by atoms with Gasteiger partial charge in [-0.3, -0.25) is 4.90 Å². The summed E-state index contributed by atoms with van der Waals surface area (Å²) in [4.78, 5) is 17.9. The first kappa shape index (κ1) is 29.7. The van der Waals surface area contributed by atoms with Crippen molar-refractivity contribution in [1.29, 1.82) is 0 Å². The number of para-hydroxylation sites is 1. The summed E-state index contributed by atoms with van der Waals surface area (Å²) in [6.07, 6.45) is 7.44. The number of fused-ring (bicyclic) bond motifs is 2. The molecule has 5 nitrogen and oxygen atoms in total.